The Kier molecular flexibility index (Phi) is 5.19. The largest absolute Gasteiger partial charge is 0.269 e. The van der Waals surface area contributed by atoms with Gasteiger partial charge in [-0.05, 0) is 37.3 Å². The number of fused-ring (bicyclic) bond motifs is 2. The van der Waals surface area contributed by atoms with Gasteiger partial charge in [0.1, 0.15) is 11.6 Å². The molecule has 0 N–H and O–H groups in total. The Morgan fingerprint density at radius 1 is 0.857 bits per heavy atom. The number of hydrogen-bond acceptors (Lipinski definition) is 7. The number of hydrogen-bond donors (Lipinski definition) is 0. The minimum Gasteiger partial charge on any atom is -0.269 e. The van der Waals surface area contributed by atoms with Crippen LogP contribution in [0.3, 0.4) is 0 Å². The Morgan fingerprint density at radius 3 is 2.06 bits per heavy atom. The molecule has 1 aliphatic heterocycles. The molecule has 0 spiro atoms. The first-order chi connectivity index (χ1) is 16.7. The number of benzene rings is 3. The molecule has 3 aromatic carbocycles. The van der Waals surface area contributed by atoms with Crippen molar-refractivity contribution in [2.45, 2.75) is 17.9 Å². The zero-order valence-electron chi connectivity index (χ0n) is 18.8. The van der Waals surface area contributed by atoms with Crippen molar-refractivity contribution in [3.63, 3.8) is 0 Å². The molecule has 0 unspecified atom stereocenters. The van der Waals surface area contributed by atoms with Gasteiger partial charge in [-0.15, -0.1) is 0 Å². The molecule has 9 heteroatoms. The Bertz CT molecular complexity index is 1670. The second-order valence-electron chi connectivity index (χ2n) is 8.21. The number of rotatable bonds is 4. The highest BCUT2D eigenvalue weighted by Crippen LogP contribution is 2.37. The molecule has 2 amide bonds. The number of imide groups is 1. The number of sulfone groups is 1. The third-order valence-electron chi connectivity index (χ3n) is 5.99. The van der Waals surface area contributed by atoms with Gasteiger partial charge in [0.15, 0.2) is 9.84 Å². The Labute approximate surface area is 201 Å². The third kappa shape index (κ3) is 3.55. The zero-order chi connectivity index (χ0) is 24.9. The van der Waals surface area contributed by atoms with Crippen molar-refractivity contribution in [1.29, 1.82) is 5.26 Å². The summed E-state index contributed by atoms with van der Waals surface area (Å²) in [5, 5.41) is 9.59. The predicted molar refractivity (Wildman–Crippen MR) is 128 cm³/mol. The van der Waals surface area contributed by atoms with Crippen LogP contribution in [0.5, 0.6) is 0 Å². The lowest BCUT2D eigenvalue weighted by atomic mass is 10.0. The van der Waals surface area contributed by atoms with E-state index in [9.17, 15) is 23.3 Å². The number of nitrogens with zero attached hydrogens (tertiary/aromatic N) is 4. The number of amides is 2. The second-order valence-corrected chi connectivity index (χ2v) is 10.2. The number of nitriles is 1. The lowest BCUT2D eigenvalue weighted by Crippen LogP contribution is -2.33. The standard InChI is InChI=1S/C26H18N4O4S/c1-15(30-25(31)17-9-3-4-10-18(17)26(30)32)22-24(19-11-5-6-13-21(19)35(2,33)34)29-23-16(14-27)8-7-12-20(23)28-22/h3-13,15H,1-2H3/t15-/m0/s1. The third-order valence-corrected chi connectivity index (χ3v) is 7.15. The van der Waals surface area contributed by atoms with Gasteiger partial charge in [0.2, 0.25) is 0 Å². The van der Waals surface area contributed by atoms with E-state index in [-0.39, 0.29) is 27.4 Å². The van der Waals surface area contributed by atoms with E-state index in [2.05, 4.69) is 11.1 Å². The highest BCUT2D eigenvalue weighted by Gasteiger charge is 2.40. The first-order valence-electron chi connectivity index (χ1n) is 10.7. The molecule has 0 aliphatic carbocycles. The average Bonchev–Trinajstić information content (AvgIpc) is 3.11. The topological polar surface area (TPSA) is 121 Å². The van der Waals surface area contributed by atoms with E-state index in [0.717, 1.165) is 11.2 Å². The van der Waals surface area contributed by atoms with Crippen molar-refractivity contribution in [3.8, 4) is 17.3 Å². The highest BCUT2D eigenvalue weighted by atomic mass is 32.2. The Balaban J connectivity index is 1.79. The summed E-state index contributed by atoms with van der Waals surface area (Å²) in [6, 6.07) is 19.0. The van der Waals surface area contributed by atoms with Crippen LogP contribution in [0.1, 0.15) is 44.9 Å². The first-order valence-corrected chi connectivity index (χ1v) is 12.6. The summed E-state index contributed by atoms with van der Waals surface area (Å²) in [5.74, 6) is -0.929. The molecule has 5 rings (SSSR count). The van der Waals surface area contributed by atoms with E-state index in [1.807, 2.05) is 0 Å². The fourth-order valence-corrected chi connectivity index (χ4v) is 5.23. The number of aromatic nitrogens is 2. The molecule has 35 heavy (non-hydrogen) atoms. The van der Waals surface area contributed by atoms with Crippen molar-refractivity contribution in [3.05, 3.63) is 89.1 Å². The number of carbonyl (C=O) groups excluding carboxylic acids is 2. The van der Waals surface area contributed by atoms with E-state index in [4.69, 9.17) is 4.98 Å². The SMILES string of the molecule is C[C@@H](c1nc2cccc(C#N)c2nc1-c1ccccc1S(C)(=O)=O)N1C(=O)c2ccccc2C1=O. The molecule has 2 heterocycles. The van der Waals surface area contributed by atoms with E-state index >= 15 is 0 Å². The van der Waals surface area contributed by atoms with Crippen LogP contribution in [0.15, 0.2) is 71.6 Å². The fraction of sp³-hybridized carbons (Fsp3) is 0.115. The van der Waals surface area contributed by atoms with Crippen LogP contribution >= 0.6 is 0 Å². The van der Waals surface area contributed by atoms with Crippen molar-refractivity contribution in [2.75, 3.05) is 6.26 Å². The summed E-state index contributed by atoms with van der Waals surface area (Å²) in [6.07, 6.45) is 1.09. The Morgan fingerprint density at radius 2 is 1.46 bits per heavy atom. The van der Waals surface area contributed by atoms with Crippen LogP contribution in [0, 0.1) is 11.3 Å². The highest BCUT2D eigenvalue weighted by molar-refractivity contribution is 7.90. The summed E-state index contributed by atoms with van der Waals surface area (Å²) in [6.45, 7) is 1.65. The lowest BCUT2D eigenvalue weighted by molar-refractivity contribution is 0.0592. The van der Waals surface area contributed by atoms with E-state index in [0.29, 0.717) is 22.2 Å². The molecular formula is C26H18N4O4S. The molecule has 4 aromatic rings. The minimum atomic E-state index is -3.66. The monoisotopic (exact) mass is 482 g/mol. The maximum Gasteiger partial charge on any atom is 0.262 e. The molecule has 1 aliphatic rings. The van der Waals surface area contributed by atoms with Crippen LogP contribution in [0.2, 0.25) is 0 Å². The van der Waals surface area contributed by atoms with E-state index in [1.165, 1.54) is 6.07 Å². The van der Waals surface area contributed by atoms with Gasteiger partial charge in [-0.3, -0.25) is 14.5 Å². The smallest absolute Gasteiger partial charge is 0.262 e. The molecule has 1 atom stereocenters. The molecule has 0 saturated heterocycles. The quantitative estimate of drug-likeness (QED) is 0.404. The van der Waals surface area contributed by atoms with Crippen LogP contribution in [0.25, 0.3) is 22.3 Å². The molecule has 1 aromatic heterocycles. The summed E-state index contributed by atoms with van der Waals surface area (Å²) in [5.41, 5.74) is 2.26. The molecule has 0 fully saturated rings. The van der Waals surface area contributed by atoms with Gasteiger partial charge in [0.25, 0.3) is 11.8 Å². The summed E-state index contributed by atoms with van der Waals surface area (Å²) < 4.78 is 25.2. The van der Waals surface area contributed by atoms with Crippen LogP contribution < -0.4 is 0 Å². The van der Waals surface area contributed by atoms with Crippen LogP contribution in [0.4, 0.5) is 0 Å². The molecule has 8 nitrogen and oxygen atoms in total. The second kappa shape index (κ2) is 8.11. The molecular weight excluding hydrogens is 464 g/mol. The van der Waals surface area contributed by atoms with Gasteiger partial charge in [-0.1, -0.05) is 36.4 Å². The Hall–Kier alpha value is -4.42. The van der Waals surface area contributed by atoms with Crippen molar-refractivity contribution in [2.24, 2.45) is 0 Å². The van der Waals surface area contributed by atoms with E-state index in [1.54, 1.807) is 67.6 Å². The minimum absolute atomic E-state index is 0.0268. The summed E-state index contributed by atoms with van der Waals surface area (Å²) in [4.78, 5) is 36.9. The molecule has 172 valence electrons. The van der Waals surface area contributed by atoms with E-state index < -0.39 is 27.7 Å². The van der Waals surface area contributed by atoms with Gasteiger partial charge >= 0.3 is 0 Å². The lowest BCUT2D eigenvalue weighted by Gasteiger charge is -2.24. The maximum absolute atomic E-state index is 13.2. The van der Waals surface area contributed by atoms with Crippen LogP contribution in [-0.2, 0) is 9.84 Å². The zero-order valence-corrected chi connectivity index (χ0v) is 19.6. The van der Waals surface area contributed by atoms with Gasteiger partial charge in [0.05, 0.1) is 44.5 Å². The number of carbonyl (C=O) groups is 2. The van der Waals surface area contributed by atoms with Gasteiger partial charge in [0, 0.05) is 11.8 Å². The molecule has 0 radical (unpaired) electrons. The van der Waals surface area contributed by atoms with Crippen LogP contribution in [-0.4, -0.2) is 41.4 Å². The summed E-state index contributed by atoms with van der Waals surface area (Å²) >= 11 is 0. The normalized spacial score (nSPS) is 14.1. The van der Waals surface area contributed by atoms with Crippen molar-refractivity contribution < 1.29 is 18.0 Å². The molecule has 0 saturated carbocycles. The van der Waals surface area contributed by atoms with Crippen molar-refractivity contribution >= 4 is 32.7 Å². The fourth-order valence-electron chi connectivity index (χ4n) is 4.34. The average molecular weight is 483 g/mol. The van der Waals surface area contributed by atoms with Gasteiger partial charge in [-0.2, -0.15) is 5.26 Å². The molecule has 0 bridgehead atoms. The van der Waals surface area contributed by atoms with Gasteiger partial charge in [-0.25, -0.2) is 18.4 Å². The maximum atomic E-state index is 13.2. The summed E-state index contributed by atoms with van der Waals surface area (Å²) in [7, 11) is -3.66. The van der Waals surface area contributed by atoms with Crippen molar-refractivity contribution in [1.82, 2.24) is 14.9 Å². The number of para-hydroxylation sites is 1. The van der Waals surface area contributed by atoms with Gasteiger partial charge < -0.3 is 0 Å². The first kappa shape index (κ1) is 22.4. The predicted octanol–water partition coefficient (Wildman–Crippen LogP) is 3.93.